The summed E-state index contributed by atoms with van der Waals surface area (Å²) in [5.41, 5.74) is 2.33. The van der Waals surface area contributed by atoms with Crippen LogP contribution in [0.4, 0.5) is 0 Å². The molecule has 1 aromatic rings. The fraction of sp³-hybridized carbons (Fsp3) is 0.423. The molecule has 0 saturated carbocycles. The van der Waals surface area contributed by atoms with Crippen molar-refractivity contribution in [2.75, 3.05) is 0 Å². The quantitative estimate of drug-likeness (QED) is 0.272. The lowest BCUT2D eigenvalue weighted by Crippen LogP contribution is -2.29. The molecule has 2 aliphatic rings. The lowest BCUT2D eigenvalue weighted by atomic mass is 9.88. The van der Waals surface area contributed by atoms with Crippen molar-refractivity contribution < 1.29 is 28.6 Å². The standard InChI is InChI=1S/C26H30O6/c1-16-14-23-22(18(3)26(29)32-23)12-11-21(16)24(15-17(2)30-19(4)27)31-25(28)13-10-20-8-6-5-7-9-20/h5-11,13,16-17,22-24H,3,12,14-15H2,1-2,4H3/t16-,17-,22-,23-,24-/m0/s1. The molecule has 1 aliphatic carbocycles. The van der Waals surface area contributed by atoms with E-state index >= 15 is 0 Å². The van der Waals surface area contributed by atoms with Crippen LogP contribution in [0.25, 0.3) is 6.08 Å². The second-order valence-corrected chi connectivity index (χ2v) is 8.48. The topological polar surface area (TPSA) is 78.9 Å². The number of benzene rings is 1. The van der Waals surface area contributed by atoms with Gasteiger partial charge in [-0.3, -0.25) is 4.79 Å². The van der Waals surface area contributed by atoms with Crippen LogP contribution in [0, 0.1) is 11.8 Å². The summed E-state index contributed by atoms with van der Waals surface area (Å²) in [5.74, 6) is -1.23. The second kappa shape index (κ2) is 10.4. The van der Waals surface area contributed by atoms with E-state index in [-0.39, 0.29) is 29.9 Å². The number of hydrogen-bond donors (Lipinski definition) is 0. The van der Waals surface area contributed by atoms with Gasteiger partial charge in [0, 0.05) is 30.9 Å². The van der Waals surface area contributed by atoms with Crippen LogP contribution in [0.1, 0.15) is 45.6 Å². The number of carbonyl (C=O) groups excluding carboxylic acids is 3. The lowest BCUT2D eigenvalue weighted by Gasteiger charge is -2.27. The Hall–Kier alpha value is -3.15. The minimum Gasteiger partial charge on any atom is -0.463 e. The molecule has 6 nitrogen and oxygen atoms in total. The van der Waals surface area contributed by atoms with Gasteiger partial charge in [0.1, 0.15) is 18.3 Å². The van der Waals surface area contributed by atoms with Crippen molar-refractivity contribution in [2.24, 2.45) is 11.8 Å². The molecule has 1 heterocycles. The molecule has 0 unspecified atom stereocenters. The van der Waals surface area contributed by atoms with Crippen LogP contribution in [0.15, 0.2) is 60.2 Å². The number of esters is 3. The second-order valence-electron chi connectivity index (χ2n) is 8.48. The third-order valence-corrected chi connectivity index (χ3v) is 5.93. The molecule has 0 aromatic heterocycles. The predicted octanol–water partition coefficient (Wildman–Crippen LogP) is 4.41. The average molecular weight is 439 g/mol. The van der Waals surface area contributed by atoms with Gasteiger partial charge in [0.15, 0.2) is 0 Å². The maximum absolute atomic E-state index is 12.6. The van der Waals surface area contributed by atoms with E-state index in [4.69, 9.17) is 14.2 Å². The Labute approximate surface area is 188 Å². The Morgan fingerprint density at radius 3 is 2.66 bits per heavy atom. The fourth-order valence-corrected chi connectivity index (χ4v) is 4.37. The van der Waals surface area contributed by atoms with Crippen molar-refractivity contribution in [3.05, 3.63) is 65.8 Å². The van der Waals surface area contributed by atoms with Crippen LogP contribution in [0.5, 0.6) is 0 Å². The van der Waals surface area contributed by atoms with Crippen molar-refractivity contribution in [1.29, 1.82) is 0 Å². The first-order valence-corrected chi connectivity index (χ1v) is 10.9. The summed E-state index contributed by atoms with van der Waals surface area (Å²) < 4.78 is 16.6. The summed E-state index contributed by atoms with van der Waals surface area (Å²) in [6, 6.07) is 9.48. The van der Waals surface area contributed by atoms with Crippen LogP contribution in [-0.4, -0.2) is 36.2 Å². The lowest BCUT2D eigenvalue weighted by molar-refractivity contribution is -0.149. The molecule has 1 saturated heterocycles. The van der Waals surface area contributed by atoms with E-state index in [1.54, 1.807) is 13.0 Å². The maximum atomic E-state index is 12.6. The Kier molecular flexibility index (Phi) is 7.67. The molecule has 5 atom stereocenters. The summed E-state index contributed by atoms with van der Waals surface area (Å²) in [6.45, 7) is 9.05. The minimum atomic E-state index is -0.560. The first-order chi connectivity index (χ1) is 15.2. The number of allylic oxidation sites excluding steroid dienone is 1. The first-order valence-electron chi connectivity index (χ1n) is 10.9. The van der Waals surface area contributed by atoms with Crippen LogP contribution >= 0.6 is 0 Å². The average Bonchev–Trinajstić information content (AvgIpc) is 2.89. The van der Waals surface area contributed by atoms with Gasteiger partial charge in [-0.15, -0.1) is 0 Å². The molecule has 6 heteroatoms. The number of hydrogen-bond acceptors (Lipinski definition) is 6. The van der Waals surface area contributed by atoms with Gasteiger partial charge in [-0.2, -0.15) is 0 Å². The van der Waals surface area contributed by atoms with Gasteiger partial charge in [0.25, 0.3) is 0 Å². The van der Waals surface area contributed by atoms with Crippen LogP contribution in [-0.2, 0) is 28.6 Å². The molecular formula is C26H30O6. The molecule has 32 heavy (non-hydrogen) atoms. The molecule has 0 radical (unpaired) electrons. The van der Waals surface area contributed by atoms with Gasteiger partial charge in [-0.1, -0.05) is 49.9 Å². The Morgan fingerprint density at radius 2 is 1.97 bits per heavy atom. The molecule has 1 aliphatic heterocycles. The minimum absolute atomic E-state index is 0.0177. The van der Waals surface area contributed by atoms with E-state index in [1.807, 2.05) is 43.3 Å². The van der Waals surface area contributed by atoms with E-state index in [0.717, 1.165) is 11.1 Å². The zero-order valence-electron chi connectivity index (χ0n) is 18.8. The highest BCUT2D eigenvalue weighted by Crippen LogP contribution is 2.40. The first kappa shape index (κ1) is 23.5. The number of carbonyl (C=O) groups is 3. The monoisotopic (exact) mass is 438 g/mol. The van der Waals surface area contributed by atoms with Crippen LogP contribution in [0.2, 0.25) is 0 Å². The van der Waals surface area contributed by atoms with Gasteiger partial charge in [0.05, 0.1) is 0 Å². The Balaban J connectivity index is 1.78. The van der Waals surface area contributed by atoms with Gasteiger partial charge in [-0.25, -0.2) is 9.59 Å². The van der Waals surface area contributed by atoms with E-state index in [9.17, 15) is 14.4 Å². The smallest absolute Gasteiger partial charge is 0.334 e. The molecule has 1 aromatic carbocycles. The molecule has 0 spiro atoms. The number of fused-ring (bicyclic) bond motifs is 1. The zero-order chi connectivity index (χ0) is 23.3. The largest absolute Gasteiger partial charge is 0.463 e. The predicted molar refractivity (Wildman–Crippen MR) is 120 cm³/mol. The van der Waals surface area contributed by atoms with Crippen molar-refractivity contribution in [3.63, 3.8) is 0 Å². The summed E-state index contributed by atoms with van der Waals surface area (Å²) >= 11 is 0. The molecule has 0 N–H and O–H groups in total. The van der Waals surface area contributed by atoms with Gasteiger partial charge >= 0.3 is 17.9 Å². The Bertz CT molecular complexity index is 929. The van der Waals surface area contributed by atoms with E-state index in [1.165, 1.54) is 13.0 Å². The van der Waals surface area contributed by atoms with Crippen LogP contribution < -0.4 is 0 Å². The molecule has 170 valence electrons. The highest BCUT2D eigenvalue weighted by molar-refractivity contribution is 5.91. The molecular weight excluding hydrogens is 408 g/mol. The van der Waals surface area contributed by atoms with Gasteiger partial charge in [-0.05, 0) is 42.9 Å². The SMILES string of the molecule is C=C1C(=O)O[C@H]2C[C@H](C)C([C@H](C[C@H](C)OC(C)=O)OC(=O)C=Cc3ccccc3)=CC[C@@H]12. The van der Waals surface area contributed by atoms with Crippen molar-refractivity contribution >= 4 is 24.0 Å². The van der Waals surface area contributed by atoms with Crippen molar-refractivity contribution in [2.45, 2.75) is 58.3 Å². The summed E-state index contributed by atoms with van der Waals surface area (Å²) in [7, 11) is 0. The van der Waals surface area contributed by atoms with Crippen LogP contribution in [0.3, 0.4) is 0 Å². The van der Waals surface area contributed by atoms with E-state index in [0.29, 0.717) is 24.8 Å². The Morgan fingerprint density at radius 1 is 1.25 bits per heavy atom. The van der Waals surface area contributed by atoms with E-state index < -0.39 is 18.2 Å². The molecule has 3 rings (SSSR count). The third-order valence-electron chi connectivity index (χ3n) is 5.93. The van der Waals surface area contributed by atoms with Gasteiger partial charge < -0.3 is 14.2 Å². The summed E-state index contributed by atoms with van der Waals surface area (Å²) in [6.07, 6.45) is 5.48. The molecule has 1 fully saturated rings. The number of rotatable bonds is 7. The highest BCUT2D eigenvalue weighted by Gasteiger charge is 2.41. The highest BCUT2D eigenvalue weighted by atomic mass is 16.6. The normalized spacial score (nSPS) is 24.7. The van der Waals surface area contributed by atoms with Crippen molar-refractivity contribution in [1.82, 2.24) is 0 Å². The number of ether oxygens (including phenoxy) is 3. The zero-order valence-corrected chi connectivity index (χ0v) is 18.8. The molecule has 0 bridgehead atoms. The third kappa shape index (κ3) is 5.96. The van der Waals surface area contributed by atoms with Gasteiger partial charge in [0.2, 0.25) is 0 Å². The summed E-state index contributed by atoms with van der Waals surface area (Å²) in [4.78, 5) is 35.9. The maximum Gasteiger partial charge on any atom is 0.334 e. The summed E-state index contributed by atoms with van der Waals surface area (Å²) in [5, 5.41) is 0. The molecule has 0 amide bonds. The van der Waals surface area contributed by atoms with Crippen molar-refractivity contribution in [3.8, 4) is 0 Å². The fourth-order valence-electron chi connectivity index (χ4n) is 4.37. The van der Waals surface area contributed by atoms with E-state index in [2.05, 4.69) is 6.58 Å².